The molecule has 370 valence electrons. The van der Waals surface area contributed by atoms with Crippen molar-refractivity contribution in [3.8, 4) is 120 Å². The van der Waals surface area contributed by atoms with E-state index in [9.17, 15) is 21.0 Å². The van der Waals surface area contributed by atoms with E-state index in [1.165, 1.54) is 12.1 Å². The first-order chi connectivity index (χ1) is 38.5. The molecule has 12 rings (SSSR count). The van der Waals surface area contributed by atoms with Crippen LogP contribution in [0.25, 0.3) is 118 Å². The minimum absolute atomic E-state index is 0.107. The van der Waals surface area contributed by atoms with Crippen molar-refractivity contribution in [3.63, 3.8) is 0 Å². The number of nitrogens with zero attached hydrogens (tertiary/aromatic N) is 9. The summed E-state index contributed by atoms with van der Waals surface area (Å²) < 4.78 is 50.0. The number of aromatic nitrogens is 5. The van der Waals surface area contributed by atoms with Crippen LogP contribution in [0.15, 0.2) is 218 Å². The van der Waals surface area contributed by atoms with Gasteiger partial charge in [-0.2, -0.15) is 34.2 Å². The molecular weight excluding hydrogens is 988 g/mol. The van der Waals surface area contributed by atoms with E-state index in [1.807, 2.05) is 162 Å². The van der Waals surface area contributed by atoms with E-state index in [-0.39, 0.29) is 56.4 Å². The topological polar surface area (TPSA) is 152 Å². The Morgan fingerprint density at radius 1 is 0.329 bits per heavy atom. The zero-order valence-corrected chi connectivity index (χ0v) is 41.4. The third kappa shape index (κ3) is 9.36. The van der Waals surface area contributed by atoms with Gasteiger partial charge in [0.2, 0.25) is 0 Å². The van der Waals surface area contributed by atoms with E-state index in [0.717, 1.165) is 12.1 Å². The molecule has 3 aromatic heterocycles. The van der Waals surface area contributed by atoms with E-state index >= 15 is 13.2 Å². The smallest absolute Gasteiger partial charge is 0.308 e. The minimum Gasteiger partial charge on any atom is -0.308 e. The van der Waals surface area contributed by atoms with Crippen molar-refractivity contribution in [1.29, 1.82) is 21.0 Å². The van der Waals surface area contributed by atoms with Crippen LogP contribution in [0.2, 0.25) is 0 Å². The van der Waals surface area contributed by atoms with Gasteiger partial charge in [0.05, 0.1) is 91.6 Å². The SMILES string of the molecule is N#Cc1cc(C#N)cc(-c2ccc3c(c2)c2cc(-c4cc(C#N)cc(C#N)c4)ccc2n3-c2c(-c3cc(-c4ccccc4)nc(-c4ccccc4)n3)cc(C(F)(F)F)cc2-c2cc(-c3ccccc3)nc(-c3ccccc3)n2)c1. The van der Waals surface area contributed by atoms with Crippen molar-refractivity contribution in [1.82, 2.24) is 24.5 Å². The Morgan fingerprint density at radius 3 is 1.01 bits per heavy atom. The Kier molecular flexibility index (Phi) is 12.4. The summed E-state index contributed by atoms with van der Waals surface area (Å²) in [5.74, 6) is 0.566. The molecule has 0 saturated carbocycles. The first-order valence-electron chi connectivity index (χ1n) is 24.8. The molecule has 0 aliphatic heterocycles. The average molecular weight is 1020 g/mol. The lowest BCUT2D eigenvalue weighted by molar-refractivity contribution is -0.137. The summed E-state index contributed by atoms with van der Waals surface area (Å²) in [6, 6.07) is 72.8. The molecule has 0 fully saturated rings. The normalized spacial score (nSPS) is 11.2. The van der Waals surface area contributed by atoms with Crippen molar-refractivity contribution >= 4 is 21.8 Å². The van der Waals surface area contributed by atoms with Gasteiger partial charge in [0.1, 0.15) is 0 Å². The van der Waals surface area contributed by atoms with Crippen LogP contribution in [0.1, 0.15) is 27.8 Å². The molecule has 12 heteroatoms. The zero-order valence-electron chi connectivity index (χ0n) is 41.4. The average Bonchev–Trinajstić information content (AvgIpc) is 4.09. The monoisotopic (exact) mass is 1020 g/mol. The molecule has 0 spiro atoms. The van der Waals surface area contributed by atoms with E-state index in [2.05, 4.69) is 24.3 Å². The predicted molar refractivity (Wildman–Crippen MR) is 299 cm³/mol. The fourth-order valence-electron chi connectivity index (χ4n) is 10.0. The van der Waals surface area contributed by atoms with E-state index in [1.54, 1.807) is 36.4 Å². The summed E-state index contributed by atoms with van der Waals surface area (Å²) in [4.78, 5) is 20.4. The molecule has 0 radical (unpaired) electrons. The Hall–Kier alpha value is -11.3. The van der Waals surface area contributed by atoms with Crippen molar-refractivity contribution < 1.29 is 13.2 Å². The number of nitriles is 4. The second kappa shape index (κ2) is 20.1. The Morgan fingerprint density at radius 2 is 0.671 bits per heavy atom. The Balaban J connectivity index is 1.26. The number of rotatable bonds is 9. The maximum absolute atomic E-state index is 16.0. The molecule has 0 aliphatic carbocycles. The molecule has 0 atom stereocenters. The van der Waals surface area contributed by atoms with Gasteiger partial charge >= 0.3 is 6.18 Å². The Bertz CT molecular complexity index is 4110. The molecule has 0 aliphatic rings. The van der Waals surface area contributed by atoms with Gasteiger partial charge in [0.15, 0.2) is 11.6 Å². The number of benzene rings is 9. The highest BCUT2D eigenvalue weighted by Crippen LogP contribution is 2.47. The second-order valence-electron chi connectivity index (χ2n) is 18.7. The van der Waals surface area contributed by atoms with Gasteiger partial charge in [-0.25, -0.2) is 19.9 Å². The third-order valence-electron chi connectivity index (χ3n) is 13.7. The second-order valence-corrected chi connectivity index (χ2v) is 18.7. The third-order valence-corrected chi connectivity index (χ3v) is 13.7. The number of hydrogen-bond acceptors (Lipinski definition) is 8. The fourth-order valence-corrected chi connectivity index (χ4v) is 10.0. The zero-order chi connectivity index (χ0) is 54.2. The maximum atomic E-state index is 16.0. The number of alkyl halides is 3. The van der Waals surface area contributed by atoms with Crippen molar-refractivity contribution in [3.05, 3.63) is 246 Å². The van der Waals surface area contributed by atoms with E-state index < -0.39 is 11.7 Å². The van der Waals surface area contributed by atoms with Gasteiger partial charge in [-0.1, -0.05) is 133 Å². The van der Waals surface area contributed by atoms with Crippen molar-refractivity contribution in [2.75, 3.05) is 0 Å². The summed E-state index contributed by atoms with van der Waals surface area (Å²) in [6.45, 7) is 0. The van der Waals surface area contributed by atoms with Gasteiger partial charge in [-0.05, 0) is 107 Å². The molecule has 3 heterocycles. The van der Waals surface area contributed by atoms with Gasteiger partial charge in [0.25, 0.3) is 0 Å². The van der Waals surface area contributed by atoms with Crippen LogP contribution in [0.5, 0.6) is 0 Å². The minimum atomic E-state index is -4.87. The largest absolute Gasteiger partial charge is 0.416 e. The summed E-state index contributed by atoms with van der Waals surface area (Å²) >= 11 is 0. The maximum Gasteiger partial charge on any atom is 0.416 e. The van der Waals surface area contributed by atoms with Gasteiger partial charge in [-0.15, -0.1) is 0 Å². The molecular formula is C67H36F3N9. The first kappa shape index (κ1) is 48.6. The lowest BCUT2D eigenvalue weighted by Gasteiger charge is -2.22. The molecule has 0 saturated heterocycles. The van der Waals surface area contributed by atoms with Crippen LogP contribution in [0, 0.1) is 45.3 Å². The summed E-state index contributed by atoms with van der Waals surface area (Å²) in [5, 5.41) is 41.4. The first-order valence-corrected chi connectivity index (χ1v) is 24.8. The lowest BCUT2D eigenvalue weighted by Crippen LogP contribution is -2.10. The summed E-state index contributed by atoms with van der Waals surface area (Å²) in [7, 11) is 0. The summed E-state index contributed by atoms with van der Waals surface area (Å²) in [6.07, 6.45) is -4.87. The van der Waals surface area contributed by atoms with Crippen molar-refractivity contribution in [2.24, 2.45) is 0 Å². The highest BCUT2D eigenvalue weighted by Gasteiger charge is 2.35. The van der Waals surface area contributed by atoms with Gasteiger partial charge in [-0.3, -0.25) is 0 Å². The predicted octanol–water partition coefficient (Wildman–Crippen LogP) is 16.2. The van der Waals surface area contributed by atoms with E-state index in [0.29, 0.717) is 83.4 Å². The van der Waals surface area contributed by atoms with Crippen LogP contribution in [-0.2, 0) is 6.18 Å². The molecule has 0 unspecified atom stereocenters. The summed E-state index contributed by atoms with van der Waals surface area (Å²) in [5.41, 5.74) is 8.37. The highest BCUT2D eigenvalue weighted by molar-refractivity contribution is 6.13. The fraction of sp³-hybridized carbons (Fsp3) is 0.0149. The molecule has 9 aromatic carbocycles. The molecule has 0 N–H and O–H groups in total. The van der Waals surface area contributed by atoms with Crippen LogP contribution < -0.4 is 0 Å². The molecule has 12 aromatic rings. The van der Waals surface area contributed by atoms with Gasteiger partial charge < -0.3 is 4.57 Å². The highest BCUT2D eigenvalue weighted by atomic mass is 19.4. The van der Waals surface area contributed by atoms with E-state index in [4.69, 9.17) is 19.9 Å². The van der Waals surface area contributed by atoms with Crippen LogP contribution in [0.4, 0.5) is 13.2 Å². The van der Waals surface area contributed by atoms with Crippen LogP contribution in [0.3, 0.4) is 0 Å². The standard InChI is InChI=1S/C67H36F3N9/c68-67(69,70)53-33-56(60-35-58(45-13-5-1-6-14-45)75-65(77-60)47-17-9-3-10-18-47)64(57(34-53)61-36-59(46-15-7-2-8-16-46)76-66(78-61)48-19-11-4-12-20-48)79-62-23-21-49(51-27-41(37-71)25-42(28-51)38-72)31-54(62)55-32-50(22-24-63(55)79)52-29-43(39-73)26-44(30-52)40-74/h1-36H. The van der Waals surface area contributed by atoms with Crippen molar-refractivity contribution in [2.45, 2.75) is 6.18 Å². The number of fused-ring (bicyclic) bond motifs is 3. The van der Waals surface area contributed by atoms with Gasteiger partial charge in [0, 0.05) is 44.2 Å². The molecule has 0 amide bonds. The van der Waals surface area contributed by atoms with Crippen LogP contribution in [-0.4, -0.2) is 24.5 Å². The van der Waals surface area contributed by atoms with Crippen LogP contribution >= 0.6 is 0 Å². The molecule has 79 heavy (non-hydrogen) atoms. The lowest BCUT2D eigenvalue weighted by atomic mass is 9.95. The quantitative estimate of drug-likeness (QED) is 0.139. The molecule has 0 bridgehead atoms. The molecule has 9 nitrogen and oxygen atoms in total. The number of halogens is 3. The number of hydrogen-bond donors (Lipinski definition) is 0. The Labute approximate surface area is 450 Å².